The van der Waals surface area contributed by atoms with Crippen LogP contribution in [0.25, 0.3) is 6.08 Å². The lowest BCUT2D eigenvalue weighted by Gasteiger charge is -2.08. The predicted octanol–water partition coefficient (Wildman–Crippen LogP) is 2.47. The first kappa shape index (κ1) is 12.0. The molecule has 1 unspecified atom stereocenters. The molecule has 1 aliphatic heterocycles. The van der Waals surface area contributed by atoms with E-state index in [9.17, 15) is 0 Å². The average molecular weight is 233 g/mol. The molecule has 17 heavy (non-hydrogen) atoms. The van der Waals surface area contributed by atoms with Crippen LogP contribution in [-0.4, -0.2) is 26.8 Å². The Bertz CT molecular complexity index is 395. The molecule has 92 valence electrons. The summed E-state index contributed by atoms with van der Waals surface area (Å²) >= 11 is 0. The number of nitrogens with one attached hydrogen (secondary N) is 1. The lowest BCUT2D eigenvalue weighted by molar-refractivity contribution is 0.355. The van der Waals surface area contributed by atoms with Crippen molar-refractivity contribution in [2.75, 3.05) is 20.8 Å². The van der Waals surface area contributed by atoms with Gasteiger partial charge >= 0.3 is 0 Å². The second-order valence-electron chi connectivity index (χ2n) is 4.18. The van der Waals surface area contributed by atoms with E-state index in [2.05, 4.69) is 17.5 Å². The average Bonchev–Trinajstić information content (AvgIpc) is 2.89. The molecule has 1 atom stereocenters. The van der Waals surface area contributed by atoms with Crippen LogP contribution in [0.3, 0.4) is 0 Å². The zero-order valence-electron chi connectivity index (χ0n) is 10.4. The van der Waals surface area contributed by atoms with Crippen molar-refractivity contribution in [3.05, 3.63) is 29.8 Å². The number of rotatable bonds is 4. The minimum absolute atomic E-state index is 0.517. The minimum atomic E-state index is 0.517. The Kier molecular flexibility index (Phi) is 4.04. The summed E-state index contributed by atoms with van der Waals surface area (Å²) in [6.07, 6.45) is 6.84. The molecule has 1 aromatic rings. The van der Waals surface area contributed by atoms with Crippen LogP contribution in [0.1, 0.15) is 18.4 Å². The highest BCUT2D eigenvalue weighted by molar-refractivity contribution is 5.56. The minimum Gasteiger partial charge on any atom is -0.493 e. The van der Waals surface area contributed by atoms with Crippen LogP contribution in [0.2, 0.25) is 0 Å². The summed E-state index contributed by atoms with van der Waals surface area (Å²) in [6, 6.07) is 6.47. The summed E-state index contributed by atoms with van der Waals surface area (Å²) in [4.78, 5) is 0. The zero-order valence-corrected chi connectivity index (χ0v) is 10.4. The van der Waals surface area contributed by atoms with Crippen LogP contribution in [0.15, 0.2) is 24.3 Å². The highest BCUT2D eigenvalue weighted by Gasteiger charge is 2.10. The van der Waals surface area contributed by atoms with Gasteiger partial charge in [-0.1, -0.05) is 18.2 Å². The molecule has 2 rings (SSSR count). The Morgan fingerprint density at radius 3 is 2.71 bits per heavy atom. The third kappa shape index (κ3) is 3.01. The first-order chi connectivity index (χ1) is 8.33. The van der Waals surface area contributed by atoms with Crippen molar-refractivity contribution in [3.8, 4) is 11.5 Å². The summed E-state index contributed by atoms with van der Waals surface area (Å²) in [5, 5.41) is 3.44. The molecule has 1 heterocycles. The largest absolute Gasteiger partial charge is 0.493 e. The molecule has 1 aliphatic rings. The van der Waals surface area contributed by atoms with Crippen LogP contribution >= 0.6 is 0 Å². The fraction of sp³-hybridized carbons (Fsp3) is 0.429. The van der Waals surface area contributed by atoms with Crippen LogP contribution in [0.5, 0.6) is 11.5 Å². The summed E-state index contributed by atoms with van der Waals surface area (Å²) in [5.41, 5.74) is 1.14. The van der Waals surface area contributed by atoms with Crippen molar-refractivity contribution in [1.82, 2.24) is 5.32 Å². The Hall–Kier alpha value is -1.48. The number of hydrogen-bond acceptors (Lipinski definition) is 3. The molecular formula is C14H19NO2. The van der Waals surface area contributed by atoms with E-state index in [4.69, 9.17) is 9.47 Å². The molecule has 0 bridgehead atoms. The predicted molar refractivity (Wildman–Crippen MR) is 69.6 cm³/mol. The monoisotopic (exact) mass is 233 g/mol. The molecule has 1 aromatic carbocycles. The molecule has 1 fully saturated rings. The Labute approximate surface area is 102 Å². The maximum Gasteiger partial charge on any atom is 0.161 e. The molecular weight excluding hydrogens is 214 g/mol. The van der Waals surface area contributed by atoms with Gasteiger partial charge in [-0.05, 0) is 37.1 Å². The molecule has 0 spiro atoms. The lowest BCUT2D eigenvalue weighted by atomic mass is 10.1. The van der Waals surface area contributed by atoms with Gasteiger partial charge in [0.25, 0.3) is 0 Å². The third-order valence-electron chi connectivity index (χ3n) is 3.03. The normalized spacial score (nSPS) is 19.8. The highest BCUT2D eigenvalue weighted by atomic mass is 16.5. The van der Waals surface area contributed by atoms with Gasteiger partial charge in [-0.3, -0.25) is 0 Å². The molecule has 0 aliphatic carbocycles. The maximum absolute atomic E-state index is 5.27. The number of methoxy groups -OCH3 is 2. The zero-order chi connectivity index (χ0) is 12.1. The smallest absolute Gasteiger partial charge is 0.161 e. The van der Waals surface area contributed by atoms with Crippen molar-refractivity contribution in [1.29, 1.82) is 0 Å². The van der Waals surface area contributed by atoms with Crippen molar-refractivity contribution in [2.45, 2.75) is 18.9 Å². The lowest BCUT2D eigenvalue weighted by Crippen LogP contribution is -2.17. The van der Waals surface area contributed by atoms with E-state index in [1.165, 1.54) is 12.8 Å². The van der Waals surface area contributed by atoms with Gasteiger partial charge in [0.15, 0.2) is 11.5 Å². The number of hydrogen-bond donors (Lipinski definition) is 1. The van der Waals surface area contributed by atoms with E-state index in [1.807, 2.05) is 18.2 Å². The first-order valence-corrected chi connectivity index (χ1v) is 5.97. The van der Waals surface area contributed by atoms with Crippen molar-refractivity contribution in [3.63, 3.8) is 0 Å². The van der Waals surface area contributed by atoms with Gasteiger partial charge in [0, 0.05) is 6.04 Å². The van der Waals surface area contributed by atoms with Gasteiger partial charge in [-0.25, -0.2) is 0 Å². The molecule has 0 aromatic heterocycles. The Morgan fingerprint density at radius 2 is 2.06 bits per heavy atom. The van der Waals surface area contributed by atoms with Gasteiger partial charge in [0.05, 0.1) is 14.2 Å². The molecule has 0 amide bonds. The molecule has 0 saturated carbocycles. The molecule has 3 heteroatoms. The van der Waals surface area contributed by atoms with Gasteiger partial charge in [0.2, 0.25) is 0 Å². The first-order valence-electron chi connectivity index (χ1n) is 5.97. The molecule has 3 nitrogen and oxygen atoms in total. The summed E-state index contributed by atoms with van der Waals surface area (Å²) in [7, 11) is 3.31. The topological polar surface area (TPSA) is 30.5 Å². The van der Waals surface area contributed by atoms with Gasteiger partial charge in [-0.15, -0.1) is 0 Å². The second-order valence-corrected chi connectivity index (χ2v) is 4.18. The Balaban J connectivity index is 2.10. The summed E-state index contributed by atoms with van der Waals surface area (Å²) in [6.45, 7) is 1.13. The third-order valence-corrected chi connectivity index (χ3v) is 3.03. The summed E-state index contributed by atoms with van der Waals surface area (Å²) in [5.74, 6) is 1.54. The fourth-order valence-electron chi connectivity index (χ4n) is 2.06. The van der Waals surface area contributed by atoms with Gasteiger partial charge in [0.1, 0.15) is 0 Å². The SMILES string of the molecule is COc1ccc(/C=C/C2CCCN2)cc1OC. The second kappa shape index (κ2) is 5.73. The molecule has 1 saturated heterocycles. The standard InChI is InChI=1S/C14H19NO2/c1-16-13-8-6-11(10-14(13)17-2)5-7-12-4-3-9-15-12/h5-8,10,12,15H,3-4,9H2,1-2H3/b7-5+. The van der Waals surface area contributed by atoms with E-state index in [0.29, 0.717) is 6.04 Å². The van der Waals surface area contributed by atoms with Crippen molar-refractivity contribution < 1.29 is 9.47 Å². The van der Waals surface area contributed by atoms with Crippen LogP contribution in [0, 0.1) is 0 Å². The van der Waals surface area contributed by atoms with E-state index >= 15 is 0 Å². The quantitative estimate of drug-likeness (QED) is 0.866. The van der Waals surface area contributed by atoms with Crippen LogP contribution in [0.4, 0.5) is 0 Å². The molecule has 1 N–H and O–H groups in total. The highest BCUT2D eigenvalue weighted by Crippen LogP contribution is 2.28. The van der Waals surface area contributed by atoms with Crippen LogP contribution < -0.4 is 14.8 Å². The van der Waals surface area contributed by atoms with E-state index in [-0.39, 0.29) is 0 Å². The van der Waals surface area contributed by atoms with E-state index in [0.717, 1.165) is 23.6 Å². The van der Waals surface area contributed by atoms with Crippen molar-refractivity contribution >= 4 is 6.08 Å². The van der Waals surface area contributed by atoms with Crippen molar-refractivity contribution in [2.24, 2.45) is 0 Å². The fourth-order valence-corrected chi connectivity index (χ4v) is 2.06. The Morgan fingerprint density at radius 1 is 1.24 bits per heavy atom. The molecule has 0 radical (unpaired) electrons. The number of ether oxygens (including phenoxy) is 2. The van der Waals surface area contributed by atoms with Gasteiger partial charge < -0.3 is 14.8 Å². The van der Waals surface area contributed by atoms with Crippen LogP contribution in [-0.2, 0) is 0 Å². The van der Waals surface area contributed by atoms with E-state index in [1.54, 1.807) is 14.2 Å². The van der Waals surface area contributed by atoms with E-state index < -0.39 is 0 Å². The number of benzene rings is 1. The van der Waals surface area contributed by atoms with Gasteiger partial charge in [-0.2, -0.15) is 0 Å². The maximum atomic E-state index is 5.27. The summed E-state index contributed by atoms with van der Waals surface area (Å²) < 4.78 is 10.5.